The number of ether oxygens (including phenoxy) is 1. The predicted molar refractivity (Wildman–Crippen MR) is 119 cm³/mol. The van der Waals surface area contributed by atoms with Gasteiger partial charge in [0.05, 0.1) is 12.8 Å². The van der Waals surface area contributed by atoms with Gasteiger partial charge in [-0.1, -0.05) is 42.5 Å². The predicted octanol–water partition coefficient (Wildman–Crippen LogP) is 3.67. The first-order valence-corrected chi connectivity index (χ1v) is 10.3. The van der Waals surface area contributed by atoms with Crippen molar-refractivity contribution >= 4 is 5.91 Å². The van der Waals surface area contributed by atoms with E-state index in [4.69, 9.17) is 4.42 Å². The van der Waals surface area contributed by atoms with E-state index in [9.17, 15) is 27.6 Å². The topological polar surface area (TPSA) is 106 Å². The number of hydrogen-bond acceptors (Lipinski definition) is 5. The van der Waals surface area contributed by atoms with E-state index >= 15 is 0 Å². The normalized spacial score (nSPS) is 11.3. The average Bonchev–Trinajstić information content (AvgIpc) is 3.35. The van der Waals surface area contributed by atoms with Crippen molar-refractivity contribution in [2.75, 3.05) is 0 Å². The van der Waals surface area contributed by atoms with Crippen LogP contribution in [0.3, 0.4) is 0 Å². The number of aromatic nitrogens is 2. The summed E-state index contributed by atoms with van der Waals surface area (Å²) in [7, 11) is 0. The molecule has 2 aromatic heterocycles. The Bertz CT molecular complexity index is 1410. The van der Waals surface area contributed by atoms with Gasteiger partial charge >= 0.3 is 12.1 Å². The second-order valence-corrected chi connectivity index (χ2v) is 7.43. The highest BCUT2D eigenvalue weighted by Crippen LogP contribution is 2.31. The van der Waals surface area contributed by atoms with Gasteiger partial charge in [-0.15, -0.1) is 13.2 Å². The van der Waals surface area contributed by atoms with Gasteiger partial charge in [-0.3, -0.25) is 14.2 Å². The van der Waals surface area contributed by atoms with Crippen molar-refractivity contribution in [2.45, 2.75) is 19.5 Å². The number of hydrogen-bond donors (Lipinski definition) is 2. The first-order valence-electron chi connectivity index (χ1n) is 10.3. The van der Waals surface area contributed by atoms with Crippen molar-refractivity contribution in [2.24, 2.45) is 0 Å². The van der Waals surface area contributed by atoms with Crippen LogP contribution in [-0.2, 0) is 13.1 Å². The molecule has 0 aliphatic rings. The molecule has 0 unspecified atom stereocenters. The van der Waals surface area contributed by atoms with E-state index in [1.165, 1.54) is 18.4 Å². The third-order valence-corrected chi connectivity index (χ3v) is 4.99. The molecule has 0 saturated carbocycles. The Morgan fingerprint density at radius 2 is 1.80 bits per heavy atom. The number of furan rings is 1. The summed E-state index contributed by atoms with van der Waals surface area (Å²) in [4.78, 5) is 39.7. The minimum Gasteiger partial charge on any atom is -0.464 e. The van der Waals surface area contributed by atoms with E-state index in [1.54, 1.807) is 42.5 Å². The highest BCUT2D eigenvalue weighted by molar-refractivity contribution is 5.92. The Balaban J connectivity index is 1.53. The van der Waals surface area contributed by atoms with Gasteiger partial charge in [0.1, 0.15) is 17.2 Å². The molecule has 2 aromatic carbocycles. The highest BCUT2D eigenvalue weighted by atomic mass is 19.4. The zero-order chi connectivity index (χ0) is 25.0. The summed E-state index contributed by atoms with van der Waals surface area (Å²) in [5.41, 5.74) is -0.745. The molecule has 11 heteroatoms. The smallest absolute Gasteiger partial charge is 0.464 e. The maximum Gasteiger partial charge on any atom is 0.573 e. The van der Waals surface area contributed by atoms with E-state index in [0.717, 1.165) is 16.7 Å². The van der Waals surface area contributed by atoms with Crippen LogP contribution in [0.4, 0.5) is 13.2 Å². The third kappa shape index (κ3) is 5.88. The highest BCUT2D eigenvalue weighted by Gasteiger charge is 2.32. The number of alkyl halides is 3. The van der Waals surface area contributed by atoms with Crippen LogP contribution in [0.1, 0.15) is 21.6 Å². The largest absolute Gasteiger partial charge is 0.573 e. The number of halogens is 3. The number of amides is 1. The van der Waals surface area contributed by atoms with Crippen LogP contribution in [0, 0.1) is 0 Å². The second kappa shape index (κ2) is 9.75. The molecule has 0 radical (unpaired) electrons. The van der Waals surface area contributed by atoms with E-state index in [2.05, 4.69) is 15.0 Å². The summed E-state index contributed by atoms with van der Waals surface area (Å²) in [5, 5.41) is 2.39. The number of rotatable bonds is 7. The van der Waals surface area contributed by atoms with Crippen molar-refractivity contribution < 1.29 is 27.1 Å². The van der Waals surface area contributed by atoms with Gasteiger partial charge in [0.2, 0.25) is 0 Å². The number of carbonyl (C=O) groups excluding carboxylic acids is 1. The molecule has 0 spiro atoms. The summed E-state index contributed by atoms with van der Waals surface area (Å²) in [6.45, 7) is -0.352. The molecule has 2 heterocycles. The molecule has 0 fully saturated rings. The van der Waals surface area contributed by atoms with E-state index in [0.29, 0.717) is 16.9 Å². The van der Waals surface area contributed by atoms with Crippen molar-refractivity contribution in [1.29, 1.82) is 0 Å². The summed E-state index contributed by atoms with van der Waals surface area (Å²) < 4.78 is 49.0. The van der Waals surface area contributed by atoms with Crippen LogP contribution in [0.2, 0.25) is 0 Å². The van der Waals surface area contributed by atoms with E-state index in [1.807, 2.05) is 0 Å². The Hall–Kier alpha value is -4.54. The first kappa shape index (κ1) is 23.6. The van der Waals surface area contributed by atoms with Crippen molar-refractivity contribution in [3.05, 3.63) is 111 Å². The fraction of sp³-hybridized carbons (Fsp3) is 0.125. The number of nitrogens with one attached hydrogen (secondary N) is 2. The Labute approximate surface area is 195 Å². The molecule has 4 rings (SSSR count). The number of carbonyl (C=O) groups is 1. The van der Waals surface area contributed by atoms with Gasteiger partial charge in [-0.05, 0) is 23.8 Å². The first-order chi connectivity index (χ1) is 16.7. The van der Waals surface area contributed by atoms with Crippen LogP contribution >= 0.6 is 0 Å². The van der Waals surface area contributed by atoms with Crippen molar-refractivity contribution in [3.63, 3.8) is 0 Å². The van der Waals surface area contributed by atoms with Gasteiger partial charge in [-0.25, -0.2) is 4.79 Å². The van der Waals surface area contributed by atoms with Crippen LogP contribution in [0.5, 0.6) is 5.75 Å². The summed E-state index contributed by atoms with van der Waals surface area (Å²) in [6, 6.07) is 16.9. The van der Waals surface area contributed by atoms with E-state index < -0.39 is 29.3 Å². The molecule has 0 bridgehead atoms. The van der Waals surface area contributed by atoms with Crippen molar-refractivity contribution in [1.82, 2.24) is 14.9 Å². The molecule has 0 saturated heterocycles. The standard InChI is InChI=1S/C24H18F3N3O5/c25-24(26,27)35-20-11-16(19-7-4-10-34-19)8-9-17(20)13-28-22(32)18-12-21(31)30(23(33)29-18)14-15-5-2-1-3-6-15/h1-12H,13-14H2,(H,28,32)(H,29,33). The Morgan fingerprint density at radius 3 is 2.46 bits per heavy atom. The van der Waals surface area contributed by atoms with Crippen molar-refractivity contribution in [3.8, 4) is 17.1 Å². The summed E-state index contributed by atoms with van der Waals surface area (Å²) >= 11 is 0. The van der Waals surface area contributed by atoms with Gasteiger partial charge in [0, 0.05) is 23.7 Å². The lowest BCUT2D eigenvalue weighted by Gasteiger charge is -2.15. The average molecular weight is 485 g/mol. The summed E-state index contributed by atoms with van der Waals surface area (Å²) in [5.74, 6) is -1.04. The minimum atomic E-state index is -4.96. The lowest BCUT2D eigenvalue weighted by Crippen LogP contribution is -2.38. The number of benzene rings is 2. The molecular formula is C24H18F3N3O5. The van der Waals surface area contributed by atoms with Gasteiger partial charge in [0.15, 0.2) is 0 Å². The Kier molecular flexibility index (Phi) is 6.58. The lowest BCUT2D eigenvalue weighted by molar-refractivity contribution is -0.274. The molecule has 2 N–H and O–H groups in total. The molecular weight excluding hydrogens is 467 g/mol. The van der Waals surface area contributed by atoms with Crippen LogP contribution < -0.4 is 21.3 Å². The molecule has 0 aliphatic heterocycles. The third-order valence-electron chi connectivity index (χ3n) is 4.99. The quantitative estimate of drug-likeness (QED) is 0.416. The van der Waals surface area contributed by atoms with Crippen LogP contribution in [-0.4, -0.2) is 21.8 Å². The number of aromatic amines is 1. The maximum absolute atomic E-state index is 12.9. The SMILES string of the molecule is O=C(NCc1ccc(-c2ccco2)cc1OC(F)(F)F)c1cc(=O)n(Cc2ccccc2)c(=O)[nH]1. The summed E-state index contributed by atoms with van der Waals surface area (Å²) in [6.07, 6.45) is -3.59. The fourth-order valence-electron chi connectivity index (χ4n) is 3.35. The van der Waals surface area contributed by atoms with Crippen LogP contribution in [0.15, 0.2) is 87.0 Å². The second-order valence-electron chi connectivity index (χ2n) is 7.43. The van der Waals surface area contributed by atoms with Crippen LogP contribution in [0.25, 0.3) is 11.3 Å². The zero-order valence-electron chi connectivity index (χ0n) is 18.0. The molecule has 35 heavy (non-hydrogen) atoms. The lowest BCUT2D eigenvalue weighted by atomic mass is 10.1. The Morgan fingerprint density at radius 1 is 1.03 bits per heavy atom. The fourth-order valence-corrected chi connectivity index (χ4v) is 3.35. The number of nitrogens with zero attached hydrogens (tertiary/aromatic N) is 1. The monoisotopic (exact) mass is 485 g/mol. The van der Waals surface area contributed by atoms with Gasteiger partial charge in [-0.2, -0.15) is 0 Å². The van der Waals surface area contributed by atoms with Gasteiger partial charge in [0.25, 0.3) is 11.5 Å². The molecule has 0 aliphatic carbocycles. The zero-order valence-corrected chi connectivity index (χ0v) is 18.0. The molecule has 4 aromatic rings. The molecule has 1 amide bonds. The molecule has 0 atom stereocenters. The maximum atomic E-state index is 12.9. The van der Waals surface area contributed by atoms with E-state index in [-0.39, 0.29) is 24.3 Å². The molecule has 180 valence electrons. The number of H-pyrrole nitrogens is 1. The molecule has 8 nitrogen and oxygen atoms in total. The van der Waals surface area contributed by atoms with Gasteiger partial charge < -0.3 is 19.5 Å². The minimum absolute atomic E-state index is 0.0110.